The van der Waals surface area contributed by atoms with Crippen molar-refractivity contribution in [2.75, 3.05) is 5.32 Å². The highest BCUT2D eigenvalue weighted by Crippen LogP contribution is 2.51. The van der Waals surface area contributed by atoms with E-state index in [-0.39, 0.29) is 17.4 Å². The molecule has 3 unspecified atom stereocenters. The number of nitriles is 1. The maximum atomic E-state index is 12.8. The summed E-state index contributed by atoms with van der Waals surface area (Å²) < 4.78 is 5.81. The molecule has 5 nitrogen and oxygen atoms in total. The van der Waals surface area contributed by atoms with Crippen molar-refractivity contribution in [3.63, 3.8) is 0 Å². The quantitative estimate of drug-likeness (QED) is 0.823. The average Bonchev–Trinajstić information content (AvgIpc) is 2.61. The van der Waals surface area contributed by atoms with E-state index in [1.54, 1.807) is 12.1 Å². The number of halogens is 1. The van der Waals surface area contributed by atoms with Gasteiger partial charge >= 0.3 is 0 Å². The fourth-order valence-corrected chi connectivity index (χ4v) is 3.86. The summed E-state index contributed by atoms with van der Waals surface area (Å²) in [7, 11) is 0. The third-order valence-corrected chi connectivity index (χ3v) is 5.05. The number of hydrogen-bond donors (Lipinski definition) is 2. The van der Waals surface area contributed by atoms with Crippen molar-refractivity contribution >= 4 is 23.2 Å². The molecule has 6 heteroatoms. The molecule has 3 N–H and O–H groups in total. The molecule has 0 saturated carbocycles. The van der Waals surface area contributed by atoms with Crippen LogP contribution in [0, 0.1) is 17.2 Å². The number of rotatable bonds is 1. The lowest BCUT2D eigenvalue weighted by Gasteiger charge is -2.41. The molecular formula is C19H14ClN3O2. The molecule has 3 atom stereocenters. The number of amides is 1. The molecular weight excluding hydrogens is 338 g/mol. The Hall–Kier alpha value is -2.97. The maximum Gasteiger partial charge on any atom is 0.232 e. The molecule has 0 radical (unpaired) electrons. The van der Waals surface area contributed by atoms with Crippen LogP contribution in [0.4, 0.5) is 5.69 Å². The SMILES string of the molecule is N#CC1=C(N)OC2c3ccccc3NC(=O)C2C1c1ccccc1Cl. The van der Waals surface area contributed by atoms with Crippen molar-refractivity contribution in [3.8, 4) is 6.07 Å². The highest BCUT2D eigenvalue weighted by Gasteiger charge is 2.49. The minimum absolute atomic E-state index is 0.0400. The number of anilines is 1. The molecule has 2 heterocycles. The van der Waals surface area contributed by atoms with Gasteiger partial charge in [0.25, 0.3) is 0 Å². The van der Waals surface area contributed by atoms with Crippen molar-refractivity contribution in [3.05, 3.63) is 76.1 Å². The average molecular weight is 352 g/mol. The number of hydrogen-bond acceptors (Lipinski definition) is 4. The second kappa shape index (κ2) is 5.83. The number of allylic oxidation sites excluding steroid dienone is 1. The zero-order chi connectivity index (χ0) is 17.6. The van der Waals surface area contributed by atoms with Gasteiger partial charge < -0.3 is 15.8 Å². The van der Waals surface area contributed by atoms with Gasteiger partial charge in [0, 0.05) is 22.2 Å². The van der Waals surface area contributed by atoms with E-state index in [4.69, 9.17) is 22.1 Å². The first kappa shape index (κ1) is 15.6. The minimum atomic E-state index is -0.628. The molecule has 2 aromatic rings. The number of benzene rings is 2. The Morgan fingerprint density at radius 2 is 1.80 bits per heavy atom. The predicted octanol–water partition coefficient (Wildman–Crippen LogP) is 3.46. The molecule has 0 spiro atoms. The van der Waals surface area contributed by atoms with E-state index < -0.39 is 17.9 Å². The summed E-state index contributed by atoms with van der Waals surface area (Å²) in [6.45, 7) is 0. The van der Waals surface area contributed by atoms with Gasteiger partial charge in [-0.2, -0.15) is 5.26 Å². The smallest absolute Gasteiger partial charge is 0.232 e. The first-order valence-corrected chi connectivity index (χ1v) is 8.20. The molecule has 1 amide bonds. The molecule has 4 rings (SSSR count). The number of nitrogens with zero attached hydrogens (tertiary/aromatic N) is 1. The Morgan fingerprint density at radius 3 is 2.52 bits per heavy atom. The van der Waals surface area contributed by atoms with E-state index >= 15 is 0 Å². The number of carbonyl (C=O) groups is 1. The van der Waals surface area contributed by atoms with Crippen molar-refractivity contribution < 1.29 is 9.53 Å². The number of fused-ring (bicyclic) bond motifs is 3. The van der Waals surface area contributed by atoms with Crippen LogP contribution in [0.2, 0.25) is 5.02 Å². The maximum absolute atomic E-state index is 12.8. The van der Waals surface area contributed by atoms with Crippen LogP contribution in [0.25, 0.3) is 0 Å². The van der Waals surface area contributed by atoms with Crippen molar-refractivity contribution in [2.24, 2.45) is 11.7 Å². The van der Waals surface area contributed by atoms with Crippen LogP contribution in [0.3, 0.4) is 0 Å². The summed E-state index contributed by atoms with van der Waals surface area (Å²) in [6, 6.07) is 16.7. The lowest BCUT2D eigenvalue weighted by atomic mass is 9.72. The minimum Gasteiger partial charge on any atom is -0.469 e. The van der Waals surface area contributed by atoms with E-state index in [1.165, 1.54) is 0 Å². The number of nitrogens with one attached hydrogen (secondary N) is 1. The summed E-state index contributed by atoms with van der Waals surface area (Å²) in [5.74, 6) is -1.37. The Labute approximate surface area is 149 Å². The van der Waals surface area contributed by atoms with Gasteiger partial charge in [0.1, 0.15) is 12.2 Å². The fraction of sp³-hybridized carbons (Fsp3) is 0.158. The van der Waals surface area contributed by atoms with E-state index in [9.17, 15) is 10.1 Å². The van der Waals surface area contributed by atoms with Gasteiger partial charge in [0.2, 0.25) is 5.91 Å². The summed E-state index contributed by atoms with van der Waals surface area (Å²) in [5.41, 5.74) is 8.49. The standard InChI is InChI=1S/C19H14ClN3O2/c20-13-7-3-1-5-10(13)15-12(9-21)18(22)25-17-11-6-2-4-8-14(11)23-19(24)16(15)17/h1-8,15-17H,22H2,(H,23,24). The number of nitrogens with two attached hydrogens (primary N) is 1. The molecule has 0 aromatic heterocycles. The second-order valence-electron chi connectivity index (χ2n) is 6.03. The summed E-state index contributed by atoms with van der Waals surface area (Å²) >= 11 is 6.36. The van der Waals surface area contributed by atoms with Gasteiger partial charge in [-0.1, -0.05) is 48.0 Å². The third-order valence-electron chi connectivity index (χ3n) is 4.70. The topological polar surface area (TPSA) is 88.1 Å². The van der Waals surface area contributed by atoms with Crippen LogP contribution in [0.5, 0.6) is 0 Å². The second-order valence-corrected chi connectivity index (χ2v) is 6.44. The van der Waals surface area contributed by atoms with Crippen LogP contribution >= 0.6 is 11.6 Å². The van der Waals surface area contributed by atoms with E-state index in [2.05, 4.69) is 11.4 Å². The first-order valence-electron chi connectivity index (χ1n) is 7.82. The number of para-hydroxylation sites is 1. The molecule has 2 aromatic carbocycles. The Balaban J connectivity index is 1.94. The molecule has 0 bridgehead atoms. The van der Waals surface area contributed by atoms with Crippen molar-refractivity contribution in [1.82, 2.24) is 0 Å². The molecule has 25 heavy (non-hydrogen) atoms. The van der Waals surface area contributed by atoms with Crippen molar-refractivity contribution in [1.29, 1.82) is 5.26 Å². The van der Waals surface area contributed by atoms with Crippen LogP contribution in [0.1, 0.15) is 23.1 Å². The third kappa shape index (κ3) is 2.34. The largest absolute Gasteiger partial charge is 0.469 e. The molecule has 0 saturated heterocycles. The van der Waals surface area contributed by atoms with Crippen LogP contribution in [-0.2, 0) is 9.53 Å². The van der Waals surface area contributed by atoms with Gasteiger partial charge in [-0.3, -0.25) is 4.79 Å². The Bertz CT molecular complexity index is 948. The molecule has 2 aliphatic heterocycles. The van der Waals surface area contributed by atoms with Gasteiger partial charge in [0.05, 0.1) is 11.5 Å². The highest BCUT2D eigenvalue weighted by molar-refractivity contribution is 6.31. The molecule has 0 aliphatic carbocycles. The monoisotopic (exact) mass is 351 g/mol. The Morgan fingerprint density at radius 1 is 1.12 bits per heavy atom. The van der Waals surface area contributed by atoms with E-state index in [0.29, 0.717) is 16.3 Å². The number of carbonyl (C=O) groups excluding carboxylic acids is 1. The lowest BCUT2D eigenvalue weighted by molar-refractivity contribution is -0.126. The molecule has 124 valence electrons. The van der Waals surface area contributed by atoms with E-state index in [0.717, 1.165) is 5.56 Å². The predicted molar refractivity (Wildman–Crippen MR) is 93.4 cm³/mol. The van der Waals surface area contributed by atoms with Gasteiger partial charge in [0.15, 0.2) is 5.88 Å². The fourth-order valence-electron chi connectivity index (χ4n) is 3.60. The summed E-state index contributed by atoms with van der Waals surface area (Å²) in [6.07, 6.45) is -0.566. The Kier molecular flexibility index (Phi) is 3.63. The van der Waals surface area contributed by atoms with Crippen molar-refractivity contribution in [2.45, 2.75) is 12.0 Å². The van der Waals surface area contributed by atoms with Crippen LogP contribution in [0.15, 0.2) is 60.0 Å². The molecule has 0 fully saturated rings. The van der Waals surface area contributed by atoms with E-state index in [1.807, 2.05) is 36.4 Å². The number of ether oxygens (including phenoxy) is 1. The highest BCUT2D eigenvalue weighted by atomic mass is 35.5. The van der Waals surface area contributed by atoms with Gasteiger partial charge in [-0.25, -0.2) is 0 Å². The lowest BCUT2D eigenvalue weighted by Crippen LogP contribution is -2.42. The van der Waals surface area contributed by atoms with Gasteiger partial charge in [-0.05, 0) is 17.7 Å². The van der Waals surface area contributed by atoms with Crippen LogP contribution < -0.4 is 11.1 Å². The first-order chi connectivity index (χ1) is 12.1. The zero-order valence-corrected chi connectivity index (χ0v) is 13.8. The summed E-state index contributed by atoms with van der Waals surface area (Å²) in [5, 5.41) is 13.0. The normalized spacial score (nSPS) is 24.5. The molecule has 2 aliphatic rings. The van der Waals surface area contributed by atoms with Gasteiger partial charge in [-0.15, -0.1) is 0 Å². The summed E-state index contributed by atoms with van der Waals surface area (Å²) in [4.78, 5) is 12.8. The zero-order valence-electron chi connectivity index (χ0n) is 13.1. The van der Waals surface area contributed by atoms with Crippen LogP contribution in [-0.4, -0.2) is 5.91 Å².